The van der Waals surface area contributed by atoms with Crippen LogP contribution in [0.2, 0.25) is 0 Å². The molecule has 0 fully saturated rings. The first-order valence-electron chi connectivity index (χ1n) is 5.61. The van der Waals surface area contributed by atoms with Crippen LogP contribution in [-0.2, 0) is 11.3 Å². The summed E-state index contributed by atoms with van der Waals surface area (Å²) in [5.41, 5.74) is 1.01. The molecule has 4 heteroatoms. The Morgan fingerprint density at radius 3 is 3.00 bits per heavy atom. The van der Waals surface area contributed by atoms with Crippen LogP contribution in [0.25, 0.3) is 0 Å². The van der Waals surface area contributed by atoms with Gasteiger partial charge in [-0.05, 0) is 25.0 Å². The van der Waals surface area contributed by atoms with Crippen LogP contribution in [0.3, 0.4) is 0 Å². The van der Waals surface area contributed by atoms with Crippen molar-refractivity contribution in [3.05, 3.63) is 30.1 Å². The number of pyridine rings is 1. The minimum Gasteiger partial charge on any atom is -0.351 e. The molecule has 0 saturated carbocycles. The summed E-state index contributed by atoms with van der Waals surface area (Å²) in [6, 6.07) is 4.18. The maximum absolute atomic E-state index is 11.4. The Morgan fingerprint density at radius 2 is 2.38 bits per heavy atom. The SMILES string of the molecule is CCC(C)NCC(=O)NCc1cccnc1. The van der Waals surface area contributed by atoms with Crippen LogP contribution in [-0.4, -0.2) is 23.5 Å². The molecule has 0 aromatic carbocycles. The van der Waals surface area contributed by atoms with E-state index in [1.807, 2.05) is 12.1 Å². The second kappa shape index (κ2) is 6.95. The van der Waals surface area contributed by atoms with Gasteiger partial charge in [0.15, 0.2) is 0 Å². The van der Waals surface area contributed by atoms with Gasteiger partial charge in [-0.1, -0.05) is 13.0 Å². The van der Waals surface area contributed by atoms with E-state index in [-0.39, 0.29) is 5.91 Å². The molecule has 0 radical (unpaired) electrons. The number of rotatable bonds is 6. The third kappa shape index (κ3) is 4.89. The van der Waals surface area contributed by atoms with Crippen molar-refractivity contribution in [1.82, 2.24) is 15.6 Å². The Balaban J connectivity index is 2.20. The van der Waals surface area contributed by atoms with Gasteiger partial charge in [0.05, 0.1) is 6.54 Å². The van der Waals surface area contributed by atoms with E-state index < -0.39 is 0 Å². The van der Waals surface area contributed by atoms with E-state index in [9.17, 15) is 4.79 Å². The fourth-order valence-corrected chi connectivity index (χ4v) is 1.18. The van der Waals surface area contributed by atoms with E-state index in [0.717, 1.165) is 12.0 Å². The van der Waals surface area contributed by atoms with Gasteiger partial charge >= 0.3 is 0 Å². The molecular weight excluding hydrogens is 202 g/mol. The molecular formula is C12H19N3O. The molecule has 1 aromatic heterocycles. The van der Waals surface area contributed by atoms with Crippen molar-refractivity contribution in [2.24, 2.45) is 0 Å². The van der Waals surface area contributed by atoms with Crippen LogP contribution in [0.4, 0.5) is 0 Å². The largest absolute Gasteiger partial charge is 0.351 e. The first kappa shape index (κ1) is 12.6. The molecule has 1 rings (SSSR count). The lowest BCUT2D eigenvalue weighted by Crippen LogP contribution is -2.37. The number of amides is 1. The molecule has 0 spiro atoms. The Kier molecular flexibility index (Phi) is 5.50. The summed E-state index contributed by atoms with van der Waals surface area (Å²) in [5, 5.41) is 5.98. The Morgan fingerprint density at radius 1 is 1.56 bits per heavy atom. The van der Waals surface area contributed by atoms with Gasteiger partial charge in [0.2, 0.25) is 5.91 Å². The standard InChI is InChI=1S/C12H19N3O/c1-3-10(2)14-9-12(16)15-8-11-5-4-6-13-7-11/h4-7,10,14H,3,8-9H2,1-2H3,(H,15,16). The Bertz CT molecular complexity index is 313. The minimum atomic E-state index is 0.0177. The highest BCUT2D eigenvalue weighted by atomic mass is 16.1. The lowest BCUT2D eigenvalue weighted by Gasteiger charge is -2.11. The van der Waals surface area contributed by atoms with E-state index in [2.05, 4.69) is 29.5 Å². The maximum atomic E-state index is 11.4. The molecule has 2 N–H and O–H groups in total. The molecule has 0 aliphatic heterocycles. The number of carbonyl (C=O) groups excluding carboxylic acids is 1. The van der Waals surface area contributed by atoms with Gasteiger partial charge < -0.3 is 10.6 Å². The second-order valence-electron chi connectivity index (χ2n) is 3.83. The highest BCUT2D eigenvalue weighted by molar-refractivity contribution is 5.77. The van der Waals surface area contributed by atoms with Crippen molar-refractivity contribution in [1.29, 1.82) is 0 Å². The third-order valence-corrected chi connectivity index (χ3v) is 2.44. The summed E-state index contributed by atoms with van der Waals surface area (Å²) < 4.78 is 0. The molecule has 4 nitrogen and oxygen atoms in total. The Hall–Kier alpha value is -1.42. The molecule has 16 heavy (non-hydrogen) atoms. The van der Waals surface area contributed by atoms with E-state index in [4.69, 9.17) is 0 Å². The zero-order chi connectivity index (χ0) is 11.8. The lowest BCUT2D eigenvalue weighted by atomic mass is 10.2. The van der Waals surface area contributed by atoms with Crippen molar-refractivity contribution in [2.45, 2.75) is 32.9 Å². The van der Waals surface area contributed by atoms with Gasteiger partial charge in [0.25, 0.3) is 0 Å². The van der Waals surface area contributed by atoms with Crippen molar-refractivity contribution < 1.29 is 4.79 Å². The topological polar surface area (TPSA) is 54.0 Å². The summed E-state index contributed by atoms with van der Waals surface area (Å²) in [6.45, 7) is 5.06. The highest BCUT2D eigenvalue weighted by Crippen LogP contribution is 1.93. The normalized spacial score (nSPS) is 12.1. The van der Waals surface area contributed by atoms with Crippen LogP contribution in [0.1, 0.15) is 25.8 Å². The van der Waals surface area contributed by atoms with E-state index >= 15 is 0 Å². The Labute approximate surface area is 96.5 Å². The van der Waals surface area contributed by atoms with Crippen molar-refractivity contribution in [3.63, 3.8) is 0 Å². The first-order valence-corrected chi connectivity index (χ1v) is 5.61. The monoisotopic (exact) mass is 221 g/mol. The number of nitrogens with zero attached hydrogens (tertiary/aromatic N) is 1. The lowest BCUT2D eigenvalue weighted by molar-refractivity contribution is -0.120. The fourth-order valence-electron chi connectivity index (χ4n) is 1.18. The fraction of sp³-hybridized carbons (Fsp3) is 0.500. The van der Waals surface area contributed by atoms with E-state index in [1.54, 1.807) is 12.4 Å². The predicted octanol–water partition coefficient (Wildman–Crippen LogP) is 1.09. The van der Waals surface area contributed by atoms with Gasteiger partial charge in [0, 0.05) is 25.0 Å². The van der Waals surface area contributed by atoms with Gasteiger partial charge in [-0.3, -0.25) is 9.78 Å². The first-order chi connectivity index (χ1) is 7.72. The third-order valence-electron chi connectivity index (χ3n) is 2.44. The average molecular weight is 221 g/mol. The molecule has 1 heterocycles. The average Bonchev–Trinajstić information content (AvgIpc) is 2.34. The zero-order valence-corrected chi connectivity index (χ0v) is 9.86. The van der Waals surface area contributed by atoms with Crippen LogP contribution in [0.15, 0.2) is 24.5 Å². The van der Waals surface area contributed by atoms with Crippen LogP contribution in [0.5, 0.6) is 0 Å². The molecule has 0 bridgehead atoms. The number of carbonyl (C=O) groups is 1. The molecule has 1 aromatic rings. The summed E-state index contributed by atoms with van der Waals surface area (Å²) in [7, 11) is 0. The van der Waals surface area contributed by atoms with Crippen molar-refractivity contribution in [3.8, 4) is 0 Å². The van der Waals surface area contributed by atoms with Crippen LogP contribution in [0, 0.1) is 0 Å². The van der Waals surface area contributed by atoms with E-state index in [1.165, 1.54) is 0 Å². The molecule has 0 saturated heterocycles. The molecule has 88 valence electrons. The highest BCUT2D eigenvalue weighted by Gasteiger charge is 2.03. The van der Waals surface area contributed by atoms with Crippen LogP contribution < -0.4 is 10.6 Å². The smallest absolute Gasteiger partial charge is 0.234 e. The van der Waals surface area contributed by atoms with E-state index in [0.29, 0.717) is 19.1 Å². The summed E-state index contributed by atoms with van der Waals surface area (Å²) in [5.74, 6) is 0.0177. The molecule has 1 amide bonds. The summed E-state index contributed by atoms with van der Waals surface area (Å²) in [6.07, 6.45) is 4.49. The molecule has 1 atom stereocenters. The second-order valence-corrected chi connectivity index (χ2v) is 3.83. The number of nitrogens with one attached hydrogen (secondary N) is 2. The molecule has 0 aliphatic rings. The molecule has 0 aliphatic carbocycles. The summed E-state index contributed by atoms with van der Waals surface area (Å²) in [4.78, 5) is 15.4. The van der Waals surface area contributed by atoms with Gasteiger partial charge in [-0.2, -0.15) is 0 Å². The van der Waals surface area contributed by atoms with Gasteiger partial charge in [0.1, 0.15) is 0 Å². The minimum absolute atomic E-state index is 0.0177. The maximum Gasteiger partial charge on any atom is 0.234 e. The van der Waals surface area contributed by atoms with Crippen molar-refractivity contribution >= 4 is 5.91 Å². The number of hydrogen-bond acceptors (Lipinski definition) is 3. The number of hydrogen-bond donors (Lipinski definition) is 2. The predicted molar refractivity (Wildman–Crippen MR) is 63.8 cm³/mol. The van der Waals surface area contributed by atoms with Crippen LogP contribution >= 0.6 is 0 Å². The summed E-state index contributed by atoms with van der Waals surface area (Å²) >= 11 is 0. The zero-order valence-electron chi connectivity index (χ0n) is 9.86. The quantitative estimate of drug-likeness (QED) is 0.756. The molecule has 1 unspecified atom stereocenters. The number of aromatic nitrogens is 1. The van der Waals surface area contributed by atoms with Gasteiger partial charge in [-0.15, -0.1) is 0 Å². The van der Waals surface area contributed by atoms with Crippen molar-refractivity contribution in [2.75, 3.05) is 6.54 Å². The van der Waals surface area contributed by atoms with Gasteiger partial charge in [-0.25, -0.2) is 0 Å².